The SMILES string of the molecule is COCC1(c2nc3c(c(-c4ccccc4)c2C#N)CCCC3)CCCC1. The normalized spacial score (nSPS) is 18.3. The quantitative estimate of drug-likeness (QED) is 0.786. The molecule has 0 saturated heterocycles. The Hall–Kier alpha value is -2.18. The number of methoxy groups -OCH3 is 1. The fourth-order valence-electron chi connectivity index (χ4n) is 4.94. The molecule has 1 aromatic carbocycles. The van der Waals surface area contributed by atoms with E-state index in [1.807, 2.05) is 6.07 Å². The van der Waals surface area contributed by atoms with Gasteiger partial charge in [-0.25, -0.2) is 0 Å². The number of benzene rings is 1. The molecule has 134 valence electrons. The van der Waals surface area contributed by atoms with Crippen LogP contribution in [0.5, 0.6) is 0 Å². The maximum absolute atomic E-state index is 10.2. The molecule has 26 heavy (non-hydrogen) atoms. The molecule has 0 atom stereocenters. The van der Waals surface area contributed by atoms with Gasteiger partial charge in [0.15, 0.2) is 0 Å². The van der Waals surface area contributed by atoms with Crippen LogP contribution in [0.1, 0.15) is 61.0 Å². The Labute approximate surface area is 156 Å². The second-order valence-electron chi connectivity index (χ2n) is 7.74. The Kier molecular flexibility index (Phi) is 4.78. The molecule has 0 aliphatic heterocycles. The molecule has 2 aliphatic rings. The van der Waals surface area contributed by atoms with E-state index in [2.05, 4.69) is 30.3 Å². The molecule has 1 aromatic heterocycles. The third kappa shape index (κ3) is 2.83. The standard InChI is InChI=1S/C23H26N2O/c1-26-16-23(13-7-8-14-23)22-19(15-24)21(17-9-3-2-4-10-17)18-11-5-6-12-20(18)25-22/h2-4,9-10H,5-8,11-14,16H2,1H3. The van der Waals surface area contributed by atoms with Crippen LogP contribution in [0.4, 0.5) is 0 Å². The summed E-state index contributed by atoms with van der Waals surface area (Å²) in [4.78, 5) is 5.14. The minimum absolute atomic E-state index is 0.101. The molecule has 0 amide bonds. The molecule has 2 aromatic rings. The van der Waals surface area contributed by atoms with E-state index in [1.54, 1.807) is 7.11 Å². The molecule has 1 saturated carbocycles. The van der Waals surface area contributed by atoms with Gasteiger partial charge in [-0.05, 0) is 49.7 Å². The van der Waals surface area contributed by atoms with Crippen molar-refractivity contribution < 1.29 is 4.74 Å². The highest BCUT2D eigenvalue weighted by Gasteiger charge is 2.41. The Morgan fingerprint density at radius 2 is 1.81 bits per heavy atom. The second-order valence-corrected chi connectivity index (χ2v) is 7.74. The number of ether oxygens (including phenoxy) is 1. The largest absolute Gasteiger partial charge is 0.384 e. The smallest absolute Gasteiger partial charge is 0.102 e. The van der Waals surface area contributed by atoms with E-state index in [0.29, 0.717) is 6.61 Å². The third-order valence-electron chi connectivity index (χ3n) is 6.13. The summed E-state index contributed by atoms with van der Waals surface area (Å²) >= 11 is 0. The van der Waals surface area contributed by atoms with Crippen molar-refractivity contribution in [2.45, 2.75) is 56.8 Å². The Morgan fingerprint density at radius 3 is 2.50 bits per heavy atom. The number of pyridine rings is 1. The van der Waals surface area contributed by atoms with Crippen LogP contribution in [0.3, 0.4) is 0 Å². The fourth-order valence-corrected chi connectivity index (χ4v) is 4.94. The molecular weight excluding hydrogens is 320 g/mol. The van der Waals surface area contributed by atoms with Crippen molar-refractivity contribution in [3.8, 4) is 17.2 Å². The summed E-state index contributed by atoms with van der Waals surface area (Å²) in [6.07, 6.45) is 8.93. The third-order valence-corrected chi connectivity index (χ3v) is 6.13. The van der Waals surface area contributed by atoms with E-state index in [0.717, 1.165) is 48.1 Å². The maximum atomic E-state index is 10.2. The molecule has 0 radical (unpaired) electrons. The summed E-state index contributed by atoms with van der Waals surface area (Å²) in [6.45, 7) is 0.654. The van der Waals surface area contributed by atoms with Gasteiger partial charge in [0.1, 0.15) is 6.07 Å². The lowest BCUT2D eigenvalue weighted by Crippen LogP contribution is -2.32. The van der Waals surface area contributed by atoms with E-state index in [1.165, 1.54) is 36.9 Å². The van der Waals surface area contributed by atoms with Crippen molar-refractivity contribution in [2.24, 2.45) is 0 Å². The van der Waals surface area contributed by atoms with Gasteiger partial charge < -0.3 is 4.74 Å². The lowest BCUT2D eigenvalue weighted by atomic mass is 9.77. The highest BCUT2D eigenvalue weighted by atomic mass is 16.5. The lowest BCUT2D eigenvalue weighted by Gasteiger charge is -2.32. The number of rotatable bonds is 4. The van der Waals surface area contributed by atoms with E-state index < -0.39 is 0 Å². The number of nitrogens with zero attached hydrogens (tertiary/aromatic N) is 2. The number of fused-ring (bicyclic) bond motifs is 1. The van der Waals surface area contributed by atoms with Crippen molar-refractivity contribution in [3.05, 3.63) is 52.8 Å². The molecule has 2 aliphatic carbocycles. The fraction of sp³-hybridized carbons (Fsp3) is 0.478. The van der Waals surface area contributed by atoms with Gasteiger partial charge in [0.25, 0.3) is 0 Å². The predicted molar refractivity (Wildman–Crippen MR) is 103 cm³/mol. The van der Waals surface area contributed by atoms with Gasteiger partial charge >= 0.3 is 0 Å². The van der Waals surface area contributed by atoms with Crippen molar-refractivity contribution in [1.29, 1.82) is 5.26 Å². The Balaban J connectivity index is 2.00. The van der Waals surface area contributed by atoms with E-state index >= 15 is 0 Å². The summed E-state index contributed by atoms with van der Waals surface area (Å²) in [7, 11) is 1.77. The van der Waals surface area contributed by atoms with E-state index in [4.69, 9.17) is 9.72 Å². The Bertz CT molecular complexity index is 830. The average Bonchev–Trinajstić information content (AvgIpc) is 3.17. The van der Waals surface area contributed by atoms with Crippen LogP contribution in [-0.2, 0) is 23.0 Å². The van der Waals surface area contributed by atoms with Gasteiger partial charge in [-0.3, -0.25) is 4.98 Å². The number of hydrogen-bond donors (Lipinski definition) is 0. The molecule has 0 unspecified atom stereocenters. The van der Waals surface area contributed by atoms with Crippen LogP contribution in [0.25, 0.3) is 11.1 Å². The topological polar surface area (TPSA) is 45.9 Å². The predicted octanol–water partition coefficient (Wildman–Crippen LogP) is 4.96. The lowest BCUT2D eigenvalue weighted by molar-refractivity contribution is 0.129. The molecule has 0 spiro atoms. The summed E-state index contributed by atoms with van der Waals surface area (Å²) in [5.74, 6) is 0. The summed E-state index contributed by atoms with van der Waals surface area (Å²) in [5.41, 5.74) is 6.48. The molecular formula is C23H26N2O. The van der Waals surface area contributed by atoms with Crippen LogP contribution in [0.15, 0.2) is 30.3 Å². The minimum Gasteiger partial charge on any atom is -0.384 e. The van der Waals surface area contributed by atoms with Crippen molar-refractivity contribution in [1.82, 2.24) is 4.98 Å². The molecule has 3 heteroatoms. The summed E-state index contributed by atoms with van der Waals surface area (Å²) in [5, 5.41) is 10.2. The Morgan fingerprint density at radius 1 is 1.08 bits per heavy atom. The zero-order chi connectivity index (χ0) is 18.0. The molecule has 1 fully saturated rings. The van der Waals surface area contributed by atoms with Gasteiger partial charge in [-0.1, -0.05) is 43.2 Å². The zero-order valence-electron chi connectivity index (χ0n) is 15.6. The van der Waals surface area contributed by atoms with E-state index in [9.17, 15) is 5.26 Å². The van der Waals surface area contributed by atoms with Crippen LogP contribution in [0, 0.1) is 11.3 Å². The van der Waals surface area contributed by atoms with Gasteiger partial charge in [-0.15, -0.1) is 0 Å². The molecule has 4 rings (SSSR count). The van der Waals surface area contributed by atoms with Crippen LogP contribution >= 0.6 is 0 Å². The van der Waals surface area contributed by atoms with Crippen LogP contribution < -0.4 is 0 Å². The first-order valence-corrected chi connectivity index (χ1v) is 9.80. The van der Waals surface area contributed by atoms with Crippen molar-refractivity contribution in [2.75, 3.05) is 13.7 Å². The van der Waals surface area contributed by atoms with Crippen molar-refractivity contribution >= 4 is 0 Å². The summed E-state index contributed by atoms with van der Waals surface area (Å²) in [6, 6.07) is 13.0. The number of hydrogen-bond acceptors (Lipinski definition) is 3. The number of aromatic nitrogens is 1. The second kappa shape index (κ2) is 7.21. The van der Waals surface area contributed by atoms with Crippen LogP contribution in [-0.4, -0.2) is 18.7 Å². The highest BCUT2D eigenvalue weighted by Crippen LogP contribution is 2.45. The minimum atomic E-state index is -0.101. The van der Waals surface area contributed by atoms with Gasteiger partial charge in [-0.2, -0.15) is 5.26 Å². The van der Waals surface area contributed by atoms with Crippen molar-refractivity contribution in [3.63, 3.8) is 0 Å². The summed E-state index contributed by atoms with van der Waals surface area (Å²) < 4.78 is 5.62. The first-order valence-electron chi connectivity index (χ1n) is 9.80. The monoisotopic (exact) mass is 346 g/mol. The molecule has 1 heterocycles. The number of aryl methyl sites for hydroxylation is 1. The average molecular weight is 346 g/mol. The van der Waals surface area contributed by atoms with E-state index in [-0.39, 0.29) is 5.41 Å². The number of nitriles is 1. The highest BCUT2D eigenvalue weighted by molar-refractivity contribution is 5.76. The first-order chi connectivity index (χ1) is 12.8. The molecule has 0 N–H and O–H groups in total. The van der Waals surface area contributed by atoms with Crippen LogP contribution in [0.2, 0.25) is 0 Å². The van der Waals surface area contributed by atoms with Gasteiger partial charge in [0.05, 0.1) is 17.9 Å². The first kappa shape index (κ1) is 17.2. The maximum Gasteiger partial charge on any atom is 0.102 e. The van der Waals surface area contributed by atoms with Gasteiger partial charge in [0.2, 0.25) is 0 Å². The van der Waals surface area contributed by atoms with Gasteiger partial charge in [0, 0.05) is 23.8 Å². The molecule has 0 bridgehead atoms. The molecule has 3 nitrogen and oxygen atoms in total. The zero-order valence-corrected chi connectivity index (χ0v) is 15.6.